The number of aliphatic imine (C=N–C) groups is 2. The van der Waals surface area contributed by atoms with E-state index in [1.807, 2.05) is 6.20 Å². The first-order valence-electron chi connectivity index (χ1n) is 19.0. The number of rotatable bonds is 6. The molecule has 0 saturated heterocycles. The standard InChI is InChI=1S/C48H41N5/c1-3-11-31(12-4-1)46-51-47(32-13-5-2-6-14-32)53-48(52-46)40-26-38(35-20-19-34-24-37(22-21-33(34)23-35)45-29-49-30-50-45)25-39(27-40)44-28-36-15-7-8-16-41(36)42-17-9-10-18-43(42)44/h1-7,10-15,18-25,27-30,40,43-44,46H,8-9,16-17,26H2,(H,49,50)(H,51,52,53). The van der Waals surface area contributed by atoms with E-state index in [0.29, 0.717) is 5.92 Å². The lowest BCUT2D eigenvalue weighted by Crippen LogP contribution is -2.40. The van der Waals surface area contributed by atoms with Crippen LogP contribution in [0.3, 0.4) is 0 Å². The van der Waals surface area contributed by atoms with Crippen molar-refractivity contribution in [2.24, 2.45) is 27.7 Å². The summed E-state index contributed by atoms with van der Waals surface area (Å²) in [5.74, 6) is 2.53. The molecule has 10 rings (SSSR count). The van der Waals surface area contributed by atoms with Gasteiger partial charge >= 0.3 is 0 Å². The van der Waals surface area contributed by atoms with Crippen molar-refractivity contribution in [3.05, 3.63) is 191 Å². The molecule has 4 unspecified atom stereocenters. The maximum atomic E-state index is 5.38. The predicted molar refractivity (Wildman–Crippen MR) is 217 cm³/mol. The number of fused-ring (bicyclic) bond motifs is 3. The number of hydrogen-bond acceptors (Lipinski definition) is 4. The van der Waals surface area contributed by atoms with Gasteiger partial charge in [0.25, 0.3) is 0 Å². The summed E-state index contributed by atoms with van der Waals surface area (Å²) in [6.45, 7) is 0. The molecule has 0 bridgehead atoms. The monoisotopic (exact) mass is 687 g/mol. The van der Waals surface area contributed by atoms with Gasteiger partial charge in [-0.2, -0.15) is 0 Å². The highest BCUT2D eigenvalue weighted by Crippen LogP contribution is 2.48. The summed E-state index contributed by atoms with van der Waals surface area (Å²) in [6, 6.07) is 34.6. The fourth-order valence-corrected chi connectivity index (χ4v) is 8.86. The topological polar surface area (TPSA) is 65.4 Å². The molecule has 0 amide bonds. The van der Waals surface area contributed by atoms with Crippen LogP contribution in [0, 0.1) is 17.8 Å². The van der Waals surface area contributed by atoms with E-state index in [9.17, 15) is 0 Å². The lowest BCUT2D eigenvalue weighted by atomic mass is 9.67. The second kappa shape index (κ2) is 13.5. The molecule has 2 heterocycles. The van der Waals surface area contributed by atoms with Crippen LogP contribution in [-0.4, -0.2) is 21.6 Å². The predicted octanol–water partition coefficient (Wildman–Crippen LogP) is 10.9. The van der Waals surface area contributed by atoms with E-state index in [-0.39, 0.29) is 18.0 Å². The molecule has 258 valence electrons. The van der Waals surface area contributed by atoms with Gasteiger partial charge in [-0.1, -0.05) is 133 Å². The molecule has 5 heteroatoms. The summed E-state index contributed by atoms with van der Waals surface area (Å²) in [6.07, 6.45) is 25.9. The van der Waals surface area contributed by atoms with Gasteiger partial charge in [0.05, 0.1) is 18.2 Å². The van der Waals surface area contributed by atoms with Gasteiger partial charge in [-0.25, -0.2) is 15.0 Å². The van der Waals surface area contributed by atoms with Crippen molar-refractivity contribution < 1.29 is 0 Å². The van der Waals surface area contributed by atoms with Gasteiger partial charge in [-0.3, -0.25) is 0 Å². The average molecular weight is 688 g/mol. The van der Waals surface area contributed by atoms with Crippen LogP contribution in [0.2, 0.25) is 0 Å². The normalized spacial score (nSPS) is 23.6. The highest BCUT2D eigenvalue weighted by molar-refractivity contribution is 6.12. The molecule has 1 aromatic heterocycles. The van der Waals surface area contributed by atoms with E-state index in [1.165, 1.54) is 33.1 Å². The molecule has 0 spiro atoms. The SMILES string of the molecule is C1=CC2=CC(C3=CC(C4=NC(c5ccccc5)N=C(c5ccccc5)N4)CC(c4ccc5cc(-c6cnc[nH]6)ccc5c4)=C3)C3C=CCCC3=C2CC1. The van der Waals surface area contributed by atoms with Crippen LogP contribution in [0.5, 0.6) is 0 Å². The van der Waals surface area contributed by atoms with Gasteiger partial charge in [0.15, 0.2) is 6.17 Å². The van der Waals surface area contributed by atoms with Crippen LogP contribution in [-0.2, 0) is 0 Å². The maximum Gasteiger partial charge on any atom is 0.169 e. The number of allylic oxidation sites excluding steroid dienone is 11. The molecule has 5 aromatic rings. The molecule has 0 radical (unpaired) electrons. The van der Waals surface area contributed by atoms with Crippen LogP contribution >= 0.6 is 0 Å². The van der Waals surface area contributed by atoms with Gasteiger partial charge in [0.1, 0.15) is 11.7 Å². The number of H-pyrrole nitrogens is 1. The molecule has 5 aliphatic rings. The third kappa shape index (κ3) is 6.06. The minimum Gasteiger partial charge on any atom is -0.345 e. The highest BCUT2D eigenvalue weighted by atomic mass is 15.2. The molecule has 4 aliphatic carbocycles. The Morgan fingerprint density at radius 2 is 1.49 bits per heavy atom. The number of aromatic amines is 1. The molecule has 4 atom stereocenters. The molecule has 5 nitrogen and oxygen atoms in total. The fraction of sp³-hybridized carbons (Fsp3) is 0.188. The van der Waals surface area contributed by atoms with E-state index in [4.69, 9.17) is 9.98 Å². The molecule has 1 aliphatic heterocycles. The van der Waals surface area contributed by atoms with E-state index in [0.717, 1.165) is 66.2 Å². The first-order valence-corrected chi connectivity index (χ1v) is 19.0. The van der Waals surface area contributed by atoms with E-state index in [1.54, 1.807) is 17.5 Å². The van der Waals surface area contributed by atoms with E-state index in [2.05, 4.69) is 155 Å². The summed E-state index contributed by atoms with van der Waals surface area (Å²) in [5, 5.41) is 6.20. The number of amidine groups is 2. The van der Waals surface area contributed by atoms with Gasteiger partial charge in [-0.05, 0) is 88.4 Å². The van der Waals surface area contributed by atoms with Crippen LogP contribution in [0.25, 0.3) is 27.6 Å². The number of hydrogen-bond donors (Lipinski definition) is 2. The largest absolute Gasteiger partial charge is 0.345 e. The smallest absolute Gasteiger partial charge is 0.169 e. The van der Waals surface area contributed by atoms with E-state index < -0.39 is 0 Å². The average Bonchev–Trinajstić information content (AvgIpc) is 3.79. The molecular weight excluding hydrogens is 647 g/mol. The van der Waals surface area contributed by atoms with Crippen LogP contribution in [0.4, 0.5) is 0 Å². The molecule has 53 heavy (non-hydrogen) atoms. The number of benzene rings is 4. The second-order valence-electron chi connectivity index (χ2n) is 14.7. The van der Waals surface area contributed by atoms with Crippen molar-refractivity contribution in [2.75, 3.05) is 0 Å². The lowest BCUT2D eigenvalue weighted by Gasteiger charge is -2.38. The Bertz CT molecular complexity index is 2450. The first-order chi connectivity index (χ1) is 26.2. The number of nitrogens with one attached hydrogen (secondary N) is 2. The van der Waals surface area contributed by atoms with Crippen molar-refractivity contribution in [2.45, 2.75) is 38.3 Å². The molecule has 0 saturated carbocycles. The second-order valence-corrected chi connectivity index (χ2v) is 14.7. The Balaban J connectivity index is 1.08. The zero-order valence-corrected chi connectivity index (χ0v) is 29.6. The fourth-order valence-electron chi connectivity index (χ4n) is 8.86. The summed E-state index contributed by atoms with van der Waals surface area (Å²) >= 11 is 0. The number of nitrogens with zero attached hydrogens (tertiary/aromatic N) is 3. The quantitative estimate of drug-likeness (QED) is 0.175. The summed E-state index contributed by atoms with van der Waals surface area (Å²) < 4.78 is 0. The van der Waals surface area contributed by atoms with Crippen molar-refractivity contribution in [1.82, 2.24) is 15.3 Å². The molecular formula is C48H41N5. The Hall–Kier alpha value is -6.07. The summed E-state index contributed by atoms with van der Waals surface area (Å²) in [4.78, 5) is 18.0. The van der Waals surface area contributed by atoms with Crippen molar-refractivity contribution in [1.29, 1.82) is 0 Å². The number of imidazole rings is 1. The minimum atomic E-state index is -0.318. The summed E-state index contributed by atoms with van der Waals surface area (Å²) in [5.41, 5.74) is 13.0. The molecule has 4 aromatic carbocycles. The van der Waals surface area contributed by atoms with Crippen LogP contribution < -0.4 is 5.32 Å². The van der Waals surface area contributed by atoms with Gasteiger partial charge < -0.3 is 10.3 Å². The van der Waals surface area contributed by atoms with Crippen molar-refractivity contribution in [3.63, 3.8) is 0 Å². The molecule has 2 N–H and O–H groups in total. The van der Waals surface area contributed by atoms with Crippen LogP contribution in [0.1, 0.15) is 55.0 Å². The van der Waals surface area contributed by atoms with Crippen LogP contribution in [0.15, 0.2) is 184 Å². The Kier molecular flexibility index (Phi) is 8.05. The van der Waals surface area contributed by atoms with Gasteiger partial charge in [-0.15, -0.1) is 0 Å². The van der Waals surface area contributed by atoms with Crippen molar-refractivity contribution in [3.8, 4) is 11.3 Å². The molecule has 0 fully saturated rings. The first kappa shape index (κ1) is 31.6. The number of aromatic nitrogens is 2. The Labute approximate surface area is 310 Å². The third-order valence-corrected chi connectivity index (χ3v) is 11.5. The lowest BCUT2D eigenvalue weighted by molar-refractivity contribution is 0.548. The Morgan fingerprint density at radius 1 is 0.698 bits per heavy atom. The van der Waals surface area contributed by atoms with Crippen molar-refractivity contribution >= 4 is 28.0 Å². The zero-order valence-electron chi connectivity index (χ0n) is 29.6. The highest BCUT2D eigenvalue weighted by Gasteiger charge is 2.35. The maximum absolute atomic E-state index is 5.38. The third-order valence-electron chi connectivity index (χ3n) is 11.5. The van der Waals surface area contributed by atoms with Gasteiger partial charge in [0, 0.05) is 28.9 Å². The summed E-state index contributed by atoms with van der Waals surface area (Å²) in [7, 11) is 0. The van der Waals surface area contributed by atoms with Gasteiger partial charge in [0.2, 0.25) is 0 Å². The van der Waals surface area contributed by atoms with E-state index >= 15 is 0 Å². The zero-order chi connectivity index (χ0) is 35.1. The Morgan fingerprint density at radius 3 is 2.32 bits per heavy atom. The minimum absolute atomic E-state index is 0.0468.